The normalized spacial score (nSPS) is 20.4. The molecule has 0 spiro atoms. The Kier molecular flexibility index (Phi) is 4.14. The van der Waals surface area contributed by atoms with E-state index in [2.05, 4.69) is 14.9 Å². The molecule has 1 atom stereocenters. The van der Waals surface area contributed by atoms with Crippen molar-refractivity contribution in [2.45, 2.75) is 32.2 Å². The highest BCUT2D eigenvalue weighted by Gasteiger charge is 2.22. The van der Waals surface area contributed by atoms with Crippen molar-refractivity contribution in [3.05, 3.63) is 12.4 Å². The molecule has 1 aromatic heterocycles. The van der Waals surface area contributed by atoms with Crippen molar-refractivity contribution in [2.75, 3.05) is 24.6 Å². The van der Waals surface area contributed by atoms with Gasteiger partial charge in [-0.3, -0.25) is 4.98 Å². The van der Waals surface area contributed by atoms with Crippen LogP contribution in [0.25, 0.3) is 0 Å². The number of aromatic nitrogens is 2. The lowest BCUT2D eigenvalue weighted by Crippen LogP contribution is -2.44. The summed E-state index contributed by atoms with van der Waals surface area (Å²) in [5.74, 6) is 1.47. The van der Waals surface area contributed by atoms with Crippen LogP contribution >= 0.6 is 0 Å². The van der Waals surface area contributed by atoms with E-state index in [1.165, 1.54) is 12.8 Å². The maximum Gasteiger partial charge on any atom is 0.234 e. The second-order valence-electron chi connectivity index (χ2n) is 4.23. The molecule has 0 radical (unpaired) electrons. The van der Waals surface area contributed by atoms with Gasteiger partial charge in [0.2, 0.25) is 5.88 Å². The maximum absolute atomic E-state index is 5.81. The number of hydrogen-bond donors (Lipinski definition) is 1. The second-order valence-corrected chi connectivity index (χ2v) is 4.23. The van der Waals surface area contributed by atoms with Gasteiger partial charge in [-0.05, 0) is 26.2 Å². The number of ether oxygens (including phenoxy) is 1. The average Bonchev–Trinajstić information content (AvgIpc) is 2.39. The third kappa shape index (κ3) is 2.85. The molecule has 1 aliphatic heterocycles. The van der Waals surface area contributed by atoms with Gasteiger partial charge in [-0.1, -0.05) is 0 Å². The molecule has 2 rings (SSSR count). The molecule has 0 aromatic carbocycles. The molecule has 94 valence electrons. The summed E-state index contributed by atoms with van der Waals surface area (Å²) in [4.78, 5) is 10.9. The fraction of sp³-hybridized carbons (Fsp3) is 0.667. The highest BCUT2D eigenvalue weighted by Crippen LogP contribution is 2.23. The molecule has 5 heteroatoms. The summed E-state index contributed by atoms with van der Waals surface area (Å²) in [6.07, 6.45) is 7.01. The van der Waals surface area contributed by atoms with Crippen LogP contribution in [-0.4, -0.2) is 35.7 Å². The Labute approximate surface area is 102 Å². The molecule has 1 saturated heterocycles. The Bertz CT molecular complexity index is 358. The van der Waals surface area contributed by atoms with E-state index in [0.717, 1.165) is 18.8 Å². The van der Waals surface area contributed by atoms with Gasteiger partial charge in [0.05, 0.1) is 19.0 Å². The van der Waals surface area contributed by atoms with E-state index in [1.807, 2.05) is 6.92 Å². The monoisotopic (exact) mass is 236 g/mol. The Morgan fingerprint density at radius 3 is 3.12 bits per heavy atom. The largest absolute Gasteiger partial charge is 0.477 e. The SMILES string of the molecule is CCOc1cncc(N2CCCCC2CN)n1. The van der Waals surface area contributed by atoms with Gasteiger partial charge in [0.1, 0.15) is 0 Å². The molecule has 2 heterocycles. The van der Waals surface area contributed by atoms with Gasteiger partial charge >= 0.3 is 0 Å². The summed E-state index contributed by atoms with van der Waals surface area (Å²) in [6.45, 7) is 4.23. The van der Waals surface area contributed by atoms with Crippen LogP contribution in [0.2, 0.25) is 0 Å². The minimum Gasteiger partial charge on any atom is -0.477 e. The number of piperidine rings is 1. The molecular formula is C12H20N4O. The van der Waals surface area contributed by atoms with Crippen LogP contribution in [0.4, 0.5) is 5.82 Å². The Hall–Kier alpha value is -1.36. The molecule has 1 aromatic rings. The molecule has 5 nitrogen and oxygen atoms in total. The number of nitrogens with zero attached hydrogens (tertiary/aromatic N) is 3. The summed E-state index contributed by atoms with van der Waals surface area (Å²) < 4.78 is 5.37. The van der Waals surface area contributed by atoms with Gasteiger partial charge in [-0.15, -0.1) is 0 Å². The third-order valence-electron chi connectivity index (χ3n) is 3.09. The van der Waals surface area contributed by atoms with Crippen molar-refractivity contribution in [1.29, 1.82) is 0 Å². The van der Waals surface area contributed by atoms with Crippen LogP contribution in [0.5, 0.6) is 5.88 Å². The minimum absolute atomic E-state index is 0.384. The first-order valence-corrected chi connectivity index (χ1v) is 6.26. The van der Waals surface area contributed by atoms with Crippen molar-refractivity contribution in [1.82, 2.24) is 9.97 Å². The molecule has 0 amide bonds. The predicted molar refractivity (Wildman–Crippen MR) is 67.2 cm³/mol. The zero-order valence-electron chi connectivity index (χ0n) is 10.3. The fourth-order valence-corrected chi connectivity index (χ4v) is 2.24. The van der Waals surface area contributed by atoms with Crippen LogP contribution in [0.1, 0.15) is 26.2 Å². The highest BCUT2D eigenvalue weighted by molar-refractivity contribution is 5.39. The van der Waals surface area contributed by atoms with E-state index in [4.69, 9.17) is 10.5 Å². The number of rotatable bonds is 4. The Balaban J connectivity index is 2.16. The lowest BCUT2D eigenvalue weighted by Gasteiger charge is -2.35. The molecule has 0 bridgehead atoms. The van der Waals surface area contributed by atoms with Gasteiger partial charge in [0.25, 0.3) is 0 Å². The van der Waals surface area contributed by atoms with Crippen molar-refractivity contribution in [3.63, 3.8) is 0 Å². The van der Waals surface area contributed by atoms with Gasteiger partial charge < -0.3 is 15.4 Å². The molecule has 2 N–H and O–H groups in total. The number of hydrogen-bond acceptors (Lipinski definition) is 5. The fourth-order valence-electron chi connectivity index (χ4n) is 2.24. The van der Waals surface area contributed by atoms with Crippen LogP contribution in [0.15, 0.2) is 12.4 Å². The predicted octanol–water partition coefficient (Wildman–Crippen LogP) is 1.19. The van der Waals surface area contributed by atoms with Gasteiger partial charge in [-0.2, -0.15) is 4.98 Å². The minimum atomic E-state index is 0.384. The first-order chi connectivity index (χ1) is 8.35. The summed E-state index contributed by atoms with van der Waals surface area (Å²) in [7, 11) is 0. The van der Waals surface area contributed by atoms with Crippen molar-refractivity contribution in [3.8, 4) is 5.88 Å². The molecule has 17 heavy (non-hydrogen) atoms. The summed E-state index contributed by atoms with van der Waals surface area (Å²) in [6, 6.07) is 0.384. The zero-order chi connectivity index (χ0) is 12.1. The molecule has 1 unspecified atom stereocenters. The smallest absolute Gasteiger partial charge is 0.234 e. The van der Waals surface area contributed by atoms with E-state index in [-0.39, 0.29) is 0 Å². The van der Waals surface area contributed by atoms with Gasteiger partial charge in [0.15, 0.2) is 5.82 Å². The first kappa shape index (κ1) is 12.1. The number of nitrogens with two attached hydrogens (primary N) is 1. The van der Waals surface area contributed by atoms with E-state index in [1.54, 1.807) is 12.4 Å². The topological polar surface area (TPSA) is 64.3 Å². The van der Waals surface area contributed by atoms with Gasteiger partial charge in [-0.25, -0.2) is 0 Å². The zero-order valence-corrected chi connectivity index (χ0v) is 10.3. The molecule has 1 fully saturated rings. The van der Waals surface area contributed by atoms with E-state index >= 15 is 0 Å². The number of anilines is 1. The molecular weight excluding hydrogens is 216 g/mol. The average molecular weight is 236 g/mol. The third-order valence-corrected chi connectivity index (χ3v) is 3.09. The molecule has 0 aliphatic carbocycles. The second kappa shape index (κ2) is 5.82. The van der Waals surface area contributed by atoms with Crippen LogP contribution in [0, 0.1) is 0 Å². The standard InChI is InChI=1S/C12H20N4O/c1-2-17-12-9-14-8-11(15-12)16-6-4-3-5-10(16)7-13/h8-10H,2-7,13H2,1H3. The lowest BCUT2D eigenvalue weighted by molar-refractivity contribution is 0.324. The molecule has 0 saturated carbocycles. The first-order valence-electron chi connectivity index (χ1n) is 6.26. The maximum atomic E-state index is 5.81. The van der Waals surface area contributed by atoms with E-state index < -0.39 is 0 Å². The summed E-state index contributed by atoms with van der Waals surface area (Å²) in [5, 5.41) is 0. The van der Waals surface area contributed by atoms with Crippen LogP contribution in [0.3, 0.4) is 0 Å². The lowest BCUT2D eigenvalue weighted by atomic mass is 10.0. The Morgan fingerprint density at radius 2 is 2.35 bits per heavy atom. The summed E-state index contributed by atoms with van der Waals surface area (Å²) in [5.41, 5.74) is 5.81. The Morgan fingerprint density at radius 1 is 1.47 bits per heavy atom. The summed E-state index contributed by atoms with van der Waals surface area (Å²) >= 11 is 0. The van der Waals surface area contributed by atoms with Crippen LogP contribution < -0.4 is 15.4 Å². The van der Waals surface area contributed by atoms with E-state index in [9.17, 15) is 0 Å². The van der Waals surface area contributed by atoms with E-state index in [0.29, 0.717) is 25.1 Å². The highest BCUT2D eigenvalue weighted by atomic mass is 16.5. The van der Waals surface area contributed by atoms with Crippen LogP contribution in [-0.2, 0) is 0 Å². The quantitative estimate of drug-likeness (QED) is 0.850. The molecule has 1 aliphatic rings. The van der Waals surface area contributed by atoms with Crippen molar-refractivity contribution >= 4 is 5.82 Å². The van der Waals surface area contributed by atoms with Crippen molar-refractivity contribution < 1.29 is 4.74 Å². The van der Waals surface area contributed by atoms with Crippen molar-refractivity contribution in [2.24, 2.45) is 5.73 Å². The van der Waals surface area contributed by atoms with Gasteiger partial charge in [0, 0.05) is 19.1 Å².